The molecule has 0 spiro atoms. The Hall–Kier alpha value is -1.96. The molecule has 0 atom stereocenters. The van der Waals surface area contributed by atoms with Crippen LogP contribution in [0.5, 0.6) is 0 Å². The first-order valence-corrected chi connectivity index (χ1v) is 10.2. The third-order valence-corrected chi connectivity index (χ3v) is 3.92. The number of allylic oxidation sites excluding steroid dienone is 7. The predicted octanol–water partition coefficient (Wildman–Crippen LogP) is 6.83. The van der Waals surface area contributed by atoms with Crippen LogP contribution >= 0.6 is 0 Å². The van der Waals surface area contributed by atoms with Crippen molar-refractivity contribution in [2.45, 2.75) is 60.3 Å². The summed E-state index contributed by atoms with van der Waals surface area (Å²) in [4.78, 5) is 4.69. The lowest BCUT2D eigenvalue weighted by atomic mass is 9.95. The molecule has 146 valence electrons. The van der Waals surface area contributed by atoms with E-state index >= 15 is 0 Å². The summed E-state index contributed by atoms with van der Waals surface area (Å²) < 4.78 is 0. The summed E-state index contributed by atoms with van der Waals surface area (Å²) in [5.41, 5.74) is 3.88. The minimum atomic E-state index is 0.932. The Balaban J connectivity index is 0.00000113. The Morgan fingerprint density at radius 2 is 1.73 bits per heavy atom. The highest BCUT2D eigenvalue weighted by molar-refractivity contribution is 5.53. The zero-order valence-electron chi connectivity index (χ0n) is 17.8. The number of nitrogens with zero attached hydrogens (tertiary/aromatic N) is 2. The molecule has 26 heavy (non-hydrogen) atoms. The third-order valence-electron chi connectivity index (χ3n) is 3.92. The van der Waals surface area contributed by atoms with Gasteiger partial charge in [0.15, 0.2) is 0 Å². The highest BCUT2D eigenvalue weighted by atomic mass is 15.4. The van der Waals surface area contributed by atoms with Crippen LogP contribution < -0.4 is 0 Å². The van der Waals surface area contributed by atoms with Crippen LogP contribution in [0.3, 0.4) is 0 Å². The average molecular weight is 357 g/mol. The second-order valence-corrected chi connectivity index (χ2v) is 6.05. The van der Waals surface area contributed by atoms with Crippen LogP contribution in [0.25, 0.3) is 0 Å². The van der Waals surface area contributed by atoms with Crippen LogP contribution in [0.1, 0.15) is 60.3 Å². The SMILES string of the molecule is C=C/C(=C\C=C/CC)C1=CCCC=C1N1CCN(C=C)C1.CC.CCC. The maximum Gasteiger partial charge on any atom is 0.0899 e. The lowest BCUT2D eigenvalue weighted by molar-refractivity contribution is 0.351. The fraction of sp³-hybridized carbons (Fsp3) is 0.500. The molecule has 0 aromatic heterocycles. The van der Waals surface area contributed by atoms with Gasteiger partial charge in [0.25, 0.3) is 0 Å². The second-order valence-electron chi connectivity index (χ2n) is 6.05. The molecule has 1 saturated heterocycles. The summed E-state index contributed by atoms with van der Waals surface area (Å²) in [6.45, 7) is 21.3. The normalized spacial score (nSPS) is 16.9. The van der Waals surface area contributed by atoms with E-state index in [1.165, 1.54) is 23.3 Å². The van der Waals surface area contributed by atoms with Crippen LogP contribution in [0.15, 0.2) is 72.7 Å². The maximum absolute atomic E-state index is 3.99. The molecule has 0 bridgehead atoms. The maximum atomic E-state index is 3.99. The van der Waals surface area contributed by atoms with Crippen LogP contribution in [0, 0.1) is 0 Å². The highest BCUT2D eigenvalue weighted by Crippen LogP contribution is 2.30. The van der Waals surface area contributed by atoms with Gasteiger partial charge in [0.2, 0.25) is 0 Å². The molecule has 1 aliphatic heterocycles. The second kappa shape index (κ2) is 15.3. The van der Waals surface area contributed by atoms with E-state index in [1.54, 1.807) is 0 Å². The van der Waals surface area contributed by atoms with Crippen molar-refractivity contribution in [3.8, 4) is 0 Å². The van der Waals surface area contributed by atoms with Gasteiger partial charge in [-0.2, -0.15) is 0 Å². The summed E-state index contributed by atoms with van der Waals surface area (Å²) in [5.74, 6) is 0. The molecule has 0 radical (unpaired) electrons. The van der Waals surface area contributed by atoms with E-state index in [0.29, 0.717) is 0 Å². The summed E-state index contributed by atoms with van der Waals surface area (Å²) >= 11 is 0. The van der Waals surface area contributed by atoms with Crippen molar-refractivity contribution in [3.05, 3.63) is 72.7 Å². The van der Waals surface area contributed by atoms with Crippen LogP contribution in [-0.4, -0.2) is 29.6 Å². The lowest BCUT2D eigenvalue weighted by Gasteiger charge is -2.27. The molecule has 0 unspecified atom stereocenters. The minimum absolute atomic E-state index is 0.932. The van der Waals surface area contributed by atoms with Gasteiger partial charge in [0, 0.05) is 24.4 Å². The van der Waals surface area contributed by atoms with Crippen molar-refractivity contribution in [2.24, 2.45) is 0 Å². The largest absolute Gasteiger partial charge is 0.359 e. The monoisotopic (exact) mass is 356 g/mol. The topological polar surface area (TPSA) is 6.48 Å². The molecule has 2 aliphatic rings. The molecular formula is C24H40N2. The summed E-state index contributed by atoms with van der Waals surface area (Å²) in [6.07, 6.45) is 19.6. The van der Waals surface area contributed by atoms with E-state index in [0.717, 1.165) is 39.0 Å². The van der Waals surface area contributed by atoms with Gasteiger partial charge in [-0.1, -0.05) is 90.7 Å². The van der Waals surface area contributed by atoms with E-state index in [4.69, 9.17) is 0 Å². The quantitative estimate of drug-likeness (QED) is 0.481. The van der Waals surface area contributed by atoms with Crippen molar-refractivity contribution in [1.82, 2.24) is 9.80 Å². The van der Waals surface area contributed by atoms with Gasteiger partial charge in [-0.25, -0.2) is 0 Å². The minimum Gasteiger partial charge on any atom is -0.359 e. The van der Waals surface area contributed by atoms with Gasteiger partial charge in [0.1, 0.15) is 0 Å². The van der Waals surface area contributed by atoms with Gasteiger partial charge in [-0.05, 0) is 31.0 Å². The molecule has 2 nitrogen and oxygen atoms in total. The molecule has 2 heteroatoms. The first-order chi connectivity index (χ1) is 12.7. The number of hydrogen-bond acceptors (Lipinski definition) is 2. The summed E-state index contributed by atoms with van der Waals surface area (Å²) in [5, 5.41) is 0. The zero-order valence-corrected chi connectivity index (χ0v) is 17.8. The highest BCUT2D eigenvalue weighted by Gasteiger charge is 2.23. The standard InChI is InChI=1S/C19H26N2.C3H8.C2H6/c1-4-7-8-11-17(5-2)18-12-9-10-13-19(18)21-15-14-20(6-3)16-21;1-3-2;1-2/h5-8,11-13H,2-4,9-10,14-16H2,1H3;3H2,1-2H3;1-2H3/b8-7-,17-11+;;. The summed E-state index contributed by atoms with van der Waals surface area (Å²) in [6, 6.07) is 0. The molecule has 0 amide bonds. The third kappa shape index (κ3) is 7.95. The van der Waals surface area contributed by atoms with Gasteiger partial charge in [-0.15, -0.1) is 0 Å². The van der Waals surface area contributed by atoms with Crippen molar-refractivity contribution >= 4 is 0 Å². The molecule has 0 saturated carbocycles. The van der Waals surface area contributed by atoms with Gasteiger partial charge in [-0.3, -0.25) is 0 Å². The molecule has 1 heterocycles. The van der Waals surface area contributed by atoms with Crippen molar-refractivity contribution in [2.75, 3.05) is 19.8 Å². The smallest absolute Gasteiger partial charge is 0.0899 e. The van der Waals surface area contributed by atoms with Crippen LogP contribution in [0.2, 0.25) is 0 Å². The zero-order chi connectivity index (χ0) is 19.8. The Kier molecular flexibility index (Phi) is 14.2. The predicted molar refractivity (Wildman–Crippen MR) is 119 cm³/mol. The fourth-order valence-corrected chi connectivity index (χ4v) is 2.76. The number of rotatable bonds is 6. The Morgan fingerprint density at radius 1 is 1.08 bits per heavy atom. The molecule has 1 aliphatic carbocycles. The first-order valence-electron chi connectivity index (χ1n) is 10.2. The van der Waals surface area contributed by atoms with E-state index in [9.17, 15) is 0 Å². The van der Waals surface area contributed by atoms with Crippen molar-refractivity contribution < 1.29 is 0 Å². The van der Waals surface area contributed by atoms with Crippen molar-refractivity contribution in [3.63, 3.8) is 0 Å². The number of hydrogen-bond donors (Lipinski definition) is 0. The van der Waals surface area contributed by atoms with E-state index in [-0.39, 0.29) is 0 Å². The Morgan fingerprint density at radius 3 is 2.27 bits per heavy atom. The van der Waals surface area contributed by atoms with Gasteiger partial charge in [0.05, 0.1) is 6.67 Å². The molecular weight excluding hydrogens is 316 g/mol. The fourth-order valence-electron chi connectivity index (χ4n) is 2.76. The van der Waals surface area contributed by atoms with Crippen LogP contribution in [-0.2, 0) is 0 Å². The van der Waals surface area contributed by atoms with Gasteiger partial charge < -0.3 is 9.80 Å². The van der Waals surface area contributed by atoms with Gasteiger partial charge >= 0.3 is 0 Å². The molecule has 1 fully saturated rings. The summed E-state index contributed by atoms with van der Waals surface area (Å²) in [7, 11) is 0. The average Bonchev–Trinajstić information content (AvgIpc) is 3.17. The van der Waals surface area contributed by atoms with Crippen LogP contribution in [0.4, 0.5) is 0 Å². The van der Waals surface area contributed by atoms with Crippen molar-refractivity contribution in [1.29, 1.82) is 0 Å². The van der Waals surface area contributed by atoms with E-state index in [1.807, 2.05) is 26.1 Å². The molecule has 2 rings (SSSR count). The lowest BCUT2D eigenvalue weighted by Crippen LogP contribution is -2.24. The molecule has 0 aromatic carbocycles. The van der Waals surface area contributed by atoms with E-state index < -0.39 is 0 Å². The molecule has 0 aromatic rings. The Bertz CT molecular complexity index is 520. The Labute approximate surface area is 163 Å². The first kappa shape index (κ1) is 24.0. The van der Waals surface area contributed by atoms with E-state index in [2.05, 4.69) is 74.1 Å². The molecule has 0 N–H and O–H groups in total.